The van der Waals surface area contributed by atoms with Gasteiger partial charge in [-0.3, -0.25) is 9.48 Å². The number of benzene rings is 2. The Kier molecular flexibility index (Phi) is 5.86. The molecule has 0 aliphatic heterocycles. The number of aromatic nitrogens is 2. The first-order valence-corrected chi connectivity index (χ1v) is 9.15. The van der Waals surface area contributed by atoms with Crippen LogP contribution in [-0.4, -0.2) is 26.8 Å². The molecular formula is C21H23N3O3. The molecule has 0 aliphatic rings. The maximum absolute atomic E-state index is 12.0. The van der Waals surface area contributed by atoms with Gasteiger partial charge in [0.25, 0.3) is 0 Å². The van der Waals surface area contributed by atoms with E-state index in [0.29, 0.717) is 18.5 Å². The molecule has 3 aromatic rings. The topological polar surface area (TPSA) is 84.2 Å². The molecule has 6 nitrogen and oxygen atoms in total. The van der Waals surface area contributed by atoms with Gasteiger partial charge in [-0.1, -0.05) is 38.0 Å². The van der Waals surface area contributed by atoms with E-state index >= 15 is 0 Å². The minimum absolute atomic E-state index is 0.0191. The molecule has 140 valence electrons. The summed E-state index contributed by atoms with van der Waals surface area (Å²) in [4.78, 5) is 23.4. The second-order valence-corrected chi connectivity index (χ2v) is 6.54. The van der Waals surface area contributed by atoms with Crippen molar-refractivity contribution in [1.82, 2.24) is 9.78 Å². The Hall–Kier alpha value is -3.15. The van der Waals surface area contributed by atoms with Crippen LogP contribution < -0.4 is 5.32 Å². The summed E-state index contributed by atoms with van der Waals surface area (Å²) in [5.74, 6) is -0.930. The number of hydrogen-bond acceptors (Lipinski definition) is 3. The van der Waals surface area contributed by atoms with E-state index in [9.17, 15) is 14.7 Å². The van der Waals surface area contributed by atoms with E-state index in [1.807, 2.05) is 24.3 Å². The minimum atomic E-state index is -0.949. The first-order chi connectivity index (χ1) is 13.1. The van der Waals surface area contributed by atoms with Crippen molar-refractivity contribution in [2.45, 2.75) is 39.2 Å². The van der Waals surface area contributed by atoms with E-state index < -0.39 is 5.97 Å². The molecule has 0 unspecified atom stereocenters. The third-order valence-corrected chi connectivity index (χ3v) is 4.50. The molecule has 0 aliphatic carbocycles. The van der Waals surface area contributed by atoms with Crippen LogP contribution in [0.5, 0.6) is 0 Å². The van der Waals surface area contributed by atoms with Crippen LogP contribution in [0.2, 0.25) is 0 Å². The molecule has 2 N–H and O–H groups in total. The summed E-state index contributed by atoms with van der Waals surface area (Å²) < 4.78 is 1.77. The lowest BCUT2D eigenvalue weighted by molar-refractivity contribution is -0.116. The fourth-order valence-electron chi connectivity index (χ4n) is 3.08. The van der Waals surface area contributed by atoms with Crippen LogP contribution in [0.4, 0.5) is 5.69 Å². The molecule has 0 radical (unpaired) electrons. The van der Waals surface area contributed by atoms with Gasteiger partial charge in [0.15, 0.2) is 0 Å². The molecule has 2 aromatic carbocycles. The lowest BCUT2D eigenvalue weighted by Crippen LogP contribution is -2.11. The highest BCUT2D eigenvalue weighted by Crippen LogP contribution is 2.21. The fraction of sp³-hybridized carbons (Fsp3) is 0.286. The second-order valence-electron chi connectivity index (χ2n) is 6.54. The number of amides is 1. The fourth-order valence-corrected chi connectivity index (χ4v) is 3.08. The molecule has 3 rings (SSSR count). The van der Waals surface area contributed by atoms with E-state index in [0.717, 1.165) is 35.9 Å². The van der Waals surface area contributed by atoms with Crippen molar-refractivity contribution in [2.24, 2.45) is 0 Å². The summed E-state index contributed by atoms with van der Waals surface area (Å²) in [6.07, 6.45) is 5.29. The third-order valence-electron chi connectivity index (χ3n) is 4.50. The molecule has 0 saturated carbocycles. The van der Waals surface area contributed by atoms with Gasteiger partial charge in [0.05, 0.1) is 23.8 Å². The maximum Gasteiger partial charge on any atom is 0.336 e. The molecule has 0 spiro atoms. The number of nitrogens with one attached hydrogen (secondary N) is 1. The van der Waals surface area contributed by atoms with E-state index in [1.165, 1.54) is 0 Å². The Labute approximate surface area is 157 Å². The number of carboxylic acid groups (broad SMARTS) is 1. The molecule has 1 amide bonds. The zero-order chi connectivity index (χ0) is 19.2. The number of nitrogens with zero attached hydrogens (tertiary/aromatic N) is 2. The van der Waals surface area contributed by atoms with Crippen molar-refractivity contribution in [2.75, 3.05) is 5.32 Å². The van der Waals surface area contributed by atoms with Crippen LogP contribution in [-0.2, 0) is 11.3 Å². The first-order valence-electron chi connectivity index (χ1n) is 9.15. The molecule has 0 bridgehead atoms. The zero-order valence-corrected chi connectivity index (χ0v) is 15.3. The van der Waals surface area contributed by atoms with E-state index in [4.69, 9.17) is 0 Å². The lowest BCUT2D eigenvalue weighted by Gasteiger charge is -2.08. The molecule has 1 aromatic heterocycles. The molecule has 6 heteroatoms. The van der Waals surface area contributed by atoms with Gasteiger partial charge in [-0.25, -0.2) is 4.79 Å². The monoisotopic (exact) mass is 365 g/mol. The van der Waals surface area contributed by atoms with E-state index in [1.54, 1.807) is 29.1 Å². The van der Waals surface area contributed by atoms with E-state index in [2.05, 4.69) is 17.3 Å². The van der Waals surface area contributed by atoms with Crippen LogP contribution in [0.25, 0.3) is 10.9 Å². The number of fused-ring (bicyclic) bond motifs is 1. The van der Waals surface area contributed by atoms with Crippen LogP contribution in [0.15, 0.2) is 48.7 Å². The maximum atomic E-state index is 12.0. The molecule has 27 heavy (non-hydrogen) atoms. The van der Waals surface area contributed by atoms with Gasteiger partial charge in [-0.05, 0) is 36.2 Å². The van der Waals surface area contributed by atoms with Crippen molar-refractivity contribution >= 4 is 28.5 Å². The van der Waals surface area contributed by atoms with Gasteiger partial charge in [0.1, 0.15) is 0 Å². The molecule has 0 saturated heterocycles. The van der Waals surface area contributed by atoms with Crippen molar-refractivity contribution in [3.05, 3.63) is 59.8 Å². The standard InChI is InChI=1S/C21H23N3O3/c1-2-3-4-9-20(25)23-17-10-11-19-16(12-17)13-22-24(19)14-15-7-5-6-8-18(15)21(26)27/h5-8,10-13H,2-4,9,14H2,1H3,(H,23,25)(H,26,27). The van der Waals surface area contributed by atoms with Gasteiger partial charge >= 0.3 is 5.97 Å². The normalized spacial score (nSPS) is 10.9. The van der Waals surface area contributed by atoms with E-state index in [-0.39, 0.29) is 11.5 Å². The quantitative estimate of drug-likeness (QED) is 0.583. The van der Waals surface area contributed by atoms with Crippen LogP contribution in [0.3, 0.4) is 0 Å². The van der Waals surface area contributed by atoms with Crippen LogP contribution in [0, 0.1) is 0 Å². The van der Waals surface area contributed by atoms with Gasteiger partial charge in [-0.2, -0.15) is 5.10 Å². The summed E-state index contributed by atoms with van der Waals surface area (Å²) in [5, 5.41) is 17.5. The smallest absolute Gasteiger partial charge is 0.336 e. The average Bonchev–Trinajstić information content (AvgIpc) is 3.04. The number of carbonyl (C=O) groups is 2. The Morgan fingerprint density at radius 3 is 2.74 bits per heavy atom. The molecule has 0 fully saturated rings. The lowest BCUT2D eigenvalue weighted by atomic mass is 10.1. The summed E-state index contributed by atoms with van der Waals surface area (Å²) in [7, 11) is 0. The number of rotatable bonds is 8. The van der Waals surface area contributed by atoms with Crippen molar-refractivity contribution < 1.29 is 14.7 Å². The highest BCUT2D eigenvalue weighted by molar-refractivity contribution is 5.93. The number of aromatic carboxylic acids is 1. The predicted molar refractivity (Wildman–Crippen MR) is 105 cm³/mol. The Bertz CT molecular complexity index is 962. The highest BCUT2D eigenvalue weighted by atomic mass is 16.4. The summed E-state index contributed by atoms with van der Waals surface area (Å²) in [5.41, 5.74) is 2.61. The Morgan fingerprint density at radius 1 is 1.15 bits per heavy atom. The summed E-state index contributed by atoms with van der Waals surface area (Å²) in [6, 6.07) is 12.6. The summed E-state index contributed by atoms with van der Waals surface area (Å²) in [6.45, 7) is 2.48. The van der Waals surface area contributed by atoms with Gasteiger partial charge in [0, 0.05) is 17.5 Å². The Morgan fingerprint density at radius 2 is 1.96 bits per heavy atom. The first kappa shape index (κ1) is 18.6. The number of hydrogen-bond donors (Lipinski definition) is 2. The van der Waals surface area contributed by atoms with Gasteiger partial charge < -0.3 is 10.4 Å². The highest BCUT2D eigenvalue weighted by Gasteiger charge is 2.12. The van der Waals surface area contributed by atoms with Crippen molar-refractivity contribution in [1.29, 1.82) is 0 Å². The van der Waals surface area contributed by atoms with Gasteiger partial charge in [0.2, 0.25) is 5.91 Å². The van der Waals surface area contributed by atoms with Crippen LogP contribution >= 0.6 is 0 Å². The molecule has 0 atom stereocenters. The third kappa shape index (κ3) is 4.53. The van der Waals surface area contributed by atoms with Crippen molar-refractivity contribution in [3.8, 4) is 0 Å². The number of carboxylic acids is 1. The Balaban J connectivity index is 1.76. The largest absolute Gasteiger partial charge is 0.478 e. The number of carbonyl (C=O) groups excluding carboxylic acids is 1. The molecule has 1 heterocycles. The average molecular weight is 365 g/mol. The summed E-state index contributed by atoms with van der Waals surface area (Å²) >= 11 is 0. The van der Waals surface area contributed by atoms with Crippen LogP contribution in [0.1, 0.15) is 48.5 Å². The minimum Gasteiger partial charge on any atom is -0.478 e. The SMILES string of the molecule is CCCCCC(=O)Nc1ccc2c(cnn2Cc2ccccc2C(=O)O)c1. The van der Waals surface area contributed by atoms with Crippen molar-refractivity contribution in [3.63, 3.8) is 0 Å². The van der Waals surface area contributed by atoms with Gasteiger partial charge in [-0.15, -0.1) is 0 Å². The predicted octanol–water partition coefficient (Wildman–Crippen LogP) is 4.30. The zero-order valence-electron chi connectivity index (χ0n) is 15.3. The molecular weight excluding hydrogens is 342 g/mol. The second kappa shape index (κ2) is 8.49. The number of unbranched alkanes of at least 4 members (excludes halogenated alkanes) is 2. The number of anilines is 1.